The summed E-state index contributed by atoms with van der Waals surface area (Å²) in [6.07, 6.45) is 2.89. The number of benzene rings is 1. The van der Waals surface area contributed by atoms with Crippen LogP contribution in [0, 0.1) is 5.41 Å². The molecule has 0 saturated carbocycles. The maximum absolute atomic E-state index is 13.0. The molecule has 0 bridgehead atoms. The first-order chi connectivity index (χ1) is 13.7. The van der Waals surface area contributed by atoms with Gasteiger partial charge in [0.15, 0.2) is 4.75 Å². The zero-order valence-corrected chi connectivity index (χ0v) is 17.9. The van der Waals surface area contributed by atoms with Gasteiger partial charge in [0.2, 0.25) is 5.95 Å². The van der Waals surface area contributed by atoms with Gasteiger partial charge in [-0.1, -0.05) is 18.2 Å². The third kappa shape index (κ3) is 2.65. The van der Waals surface area contributed by atoms with Crippen LogP contribution in [0.3, 0.4) is 0 Å². The highest BCUT2D eigenvalue weighted by Gasteiger charge is 2.56. The lowest BCUT2D eigenvalue weighted by molar-refractivity contribution is 0.172. The Kier molecular flexibility index (Phi) is 4.08. The van der Waals surface area contributed by atoms with Gasteiger partial charge in [0.25, 0.3) is 5.56 Å². The van der Waals surface area contributed by atoms with Gasteiger partial charge < -0.3 is 15.2 Å². The van der Waals surface area contributed by atoms with Gasteiger partial charge in [-0.05, 0) is 44.2 Å². The molecule has 5 rings (SSSR count). The van der Waals surface area contributed by atoms with Crippen molar-refractivity contribution in [2.45, 2.75) is 43.9 Å². The van der Waals surface area contributed by atoms with Crippen LogP contribution in [0.15, 0.2) is 29.1 Å². The van der Waals surface area contributed by atoms with E-state index < -0.39 is 16.1 Å². The molecule has 1 fully saturated rings. The number of nitrogens with zero attached hydrogens (tertiary/aromatic N) is 3. The van der Waals surface area contributed by atoms with E-state index in [1.165, 1.54) is 22.8 Å². The van der Waals surface area contributed by atoms with Crippen molar-refractivity contribution in [3.63, 3.8) is 0 Å². The molecule has 154 valence electrons. The van der Waals surface area contributed by atoms with E-state index in [9.17, 15) is 9.35 Å². The molecule has 0 radical (unpaired) electrons. The van der Waals surface area contributed by atoms with E-state index in [-0.39, 0.29) is 22.8 Å². The maximum Gasteiger partial charge on any atom is 0.256 e. The van der Waals surface area contributed by atoms with Crippen molar-refractivity contribution >= 4 is 23.1 Å². The molecule has 29 heavy (non-hydrogen) atoms. The van der Waals surface area contributed by atoms with Crippen LogP contribution in [0.1, 0.15) is 49.4 Å². The molecule has 1 aliphatic carbocycles. The van der Waals surface area contributed by atoms with Crippen LogP contribution < -0.4 is 20.9 Å². The lowest BCUT2D eigenvalue weighted by Gasteiger charge is -2.46. The Labute approximate surface area is 173 Å². The highest BCUT2D eigenvalue weighted by Crippen LogP contribution is 2.57. The van der Waals surface area contributed by atoms with Crippen molar-refractivity contribution < 1.29 is 4.55 Å². The molecule has 2 aromatic rings. The van der Waals surface area contributed by atoms with Gasteiger partial charge in [-0.15, -0.1) is 4.72 Å². The molecular weight excluding hydrogens is 386 g/mol. The van der Waals surface area contributed by atoms with Crippen LogP contribution in [0.5, 0.6) is 0 Å². The van der Waals surface area contributed by atoms with Gasteiger partial charge in [0.05, 0.1) is 6.04 Å². The number of aromatic nitrogens is 2. The first kappa shape index (κ1) is 19.0. The Balaban J connectivity index is 1.47. The SMILES string of the molecule is Cn1c(N2CCC3(CC2)Cc2cccc4c2[C@H]3N[S+]([O-])C4(C)C)nc(N)cc1=O. The Morgan fingerprint density at radius 3 is 2.76 bits per heavy atom. The van der Waals surface area contributed by atoms with Gasteiger partial charge in [-0.3, -0.25) is 9.36 Å². The molecule has 2 aliphatic heterocycles. The average molecular weight is 414 g/mol. The summed E-state index contributed by atoms with van der Waals surface area (Å²) in [5.41, 5.74) is 9.68. The lowest BCUT2D eigenvalue weighted by atomic mass is 9.72. The minimum absolute atomic E-state index is 0.0420. The highest BCUT2D eigenvalue weighted by molar-refractivity contribution is 7.90. The minimum Gasteiger partial charge on any atom is -0.597 e. The van der Waals surface area contributed by atoms with Crippen LogP contribution in [0.2, 0.25) is 0 Å². The van der Waals surface area contributed by atoms with E-state index in [0.717, 1.165) is 32.4 Å². The van der Waals surface area contributed by atoms with E-state index in [2.05, 4.69) is 46.7 Å². The summed E-state index contributed by atoms with van der Waals surface area (Å²) in [6.45, 7) is 5.70. The van der Waals surface area contributed by atoms with Crippen LogP contribution in [0.25, 0.3) is 0 Å². The van der Waals surface area contributed by atoms with Gasteiger partial charge in [0.1, 0.15) is 5.82 Å². The largest absolute Gasteiger partial charge is 0.597 e. The predicted molar refractivity (Wildman–Crippen MR) is 115 cm³/mol. The van der Waals surface area contributed by atoms with Gasteiger partial charge in [-0.2, -0.15) is 4.98 Å². The summed E-state index contributed by atoms with van der Waals surface area (Å²) in [7, 11) is 1.74. The number of rotatable bonds is 1. The van der Waals surface area contributed by atoms with E-state index in [1.807, 2.05) is 0 Å². The molecule has 2 atom stereocenters. The quantitative estimate of drug-likeness (QED) is 0.691. The summed E-state index contributed by atoms with van der Waals surface area (Å²) in [4.78, 5) is 18.7. The Bertz CT molecular complexity index is 1040. The van der Waals surface area contributed by atoms with Crippen LogP contribution in [0.4, 0.5) is 11.8 Å². The predicted octanol–water partition coefficient (Wildman–Crippen LogP) is 1.75. The van der Waals surface area contributed by atoms with Crippen molar-refractivity contribution in [2.75, 3.05) is 23.7 Å². The zero-order valence-electron chi connectivity index (χ0n) is 17.1. The maximum atomic E-state index is 13.0. The standard InChI is InChI=1S/C21H27N5O2S/c1-20(2)14-6-4-5-13-12-21(18(17(13)14)24-29(20)28)7-9-26(10-8-21)19-23-15(22)11-16(27)25(19)3/h4-6,11,18,24H,7-10,12,22H2,1-3H3/t18-,29?/m1/s1. The van der Waals surface area contributed by atoms with Crippen molar-refractivity contribution in [1.29, 1.82) is 0 Å². The normalized spacial score (nSPS) is 26.6. The van der Waals surface area contributed by atoms with Crippen molar-refractivity contribution in [2.24, 2.45) is 12.5 Å². The fourth-order valence-corrected chi connectivity index (χ4v) is 6.66. The number of nitrogen functional groups attached to an aromatic ring is 1. The summed E-state index contributed by atoms with van der Waals surface area (Å²) >= 11 is -1.13. The molecule has 1 aromatic carbocycles. The molecule has 3 N–H and O–H groups in total. The number of anilines is 2. The Morgan fingerprint density at radius 1 is 1.31 bits per heavy atom. The minimum atomic E-state index is -1.13. The monoisotopic (exact) mass is 413 g/mol. The molecule has 1 aromatic heterocycles. The number of fused-ring (bicyclic) bond motifs is 1. The summed E-state index contributed by atoms with van der Waals surface area (Å²) < 4.78 is 17.7. The first-order valence-electron chi connectivity index (χ1n) is 10.1. The fraction of sp³-hybridized carbons (Fsp3) is 0.524. The molecule has 1 unspecified atom stereocenters. The average Bonchev–Trinajstić information content (AvgIpc) is 2.97. The molecule has 7 nitrogen and oxygen atoms in total. The number of hydrogen-bond donors (Lipinski definition) is 2. The van der Waals surface area contributed by atoms with Crippen LogP contribution in [-0.2, 0) is 29.6 Å². The lowest BCUT2D eigenvalue weighted by Crippen LogP contribution is -2.53. The molecule has 3 heterocycles. The smallest absolute Gasteiger partial charge is 0.256 e. The number of hydrogen-bond acceptors (Lipinski definition) is 6. The summed E-state index contributed by atoms with van der Waals surface area (Å²) in [5.74, 6) is 0.884. The highest BCUT2D eigenvalue weighted by atomic mass is 32.2. The Hall–Kier alpha value is -2.03. The number of nitrogens with two attached hydrogens (primary N) is 1. The zero-order chi connectivity index (χ0) is 20.6. The summed E-state index contributed by atoms with van der Waals surface area (Å²) in [5, 5.41) is 0. The molecule has 1 spiro atoms. The van der Waals surface area contributed by atoms with E-state index in [0.29, 0.717) is 5.95 Å². The second-order valence-corrected chi connectivity index (χ2v) is 10.9. The molecule has 3 aliphatic rings. The van der Waals surface area contributed by atoms with Gasteiger partial charge in [-0.25, -0.2) is 0 Å². The second kappa shape index (κ2) is 6.23. The fourth-order valence-electron chi connectivity index (χ4n) is 5.40. The third-order valence-corrected chi connectivity index (χ3v) is 8.75. The molecule has 0 amide bonds. The second-order valence-electron chi connectivity index (χ2n) is 9.11. The molecule has 8 heteroatoms. The van der Waals surface area contributed by atoms with E-state index >= 15 is 0 Å². The number of piperidine rings is 1. The molecular formula is C21H27N5O2S. The first-order valence-corrected chi connectivity index (χ1v) is 11.3. The van der Waals surface area contributed by atoms with Crippen molar-refractivity contribution in [3.8, 4) is 0 Å². The van der Waals surface area contributed by atoms with E-state index in [1.54, 1.807) is 11.6 Å². The van der Waals surface area contributed by atoms with Crippen molar-refractivity contribution in [1.82, 2.24) is 14.3 Å². The number of nitrogens with one attached hydrogen (secondary N) is 1. The van der Waals surface area contributed by atoms with Crippen molar-refractivity contribution in [3.05, 3.63) is 51.3 Å². The van der Waals surface area contributed by atoms with Crippen LogP contribution in [-0.4, -0.2) is 27.2 Å². The van der Waals surface area contributed by atoms with Gasteiger partial charge in [0, 0.05) is 48.5 Å². The summed E-state index contributed by atoms with van der Waals surface area (Å²) in [6, 6.07) is 7.94. The van der Waals surface area contributed by atoms with Crippen LogP contribution >= 0.6 is 0 Å². The van der Waals surface area contributed by atoms with E-state index in [4.69, 9.17) is 5.73 Å². The topological polar surface area (TPSA) is 99.2 Å². The molecule has 1 saturated heterocycles. The van der Waals surface area contributed by atoms with Gasteiger partial charge >= 0.3 is 0 Å². The third-order valence-electron chi connectivity index (χ3n) is 7.15. The Morgan fingerprint density at radius 2 is 2.03 bits per heavy atom.